The quantitative estimate of drug-likeness (QED) is 0.191. The number of hydrogen-bond donors (Lipinski definition) is 4. The molecule has 0 radical (unpaired) electrons. The van der Waals surface area contributed by atoms with Crippen LogP contribution in [0.25, 0.3) is 0 Å². The number of phenols is 2. The van der Waals surface area contributed by atoms with Gasteiger partial charge in [-0.05, 0) is 37.1 Å². The van der Waals surface area contributed by atoms with Crippen molar-refractivity contribution < 1.29 is 29.4 Å². The van der Waals surface area contributed by atoms with E-state index in [4.69, 9.17) is 0 Å². The van der Waals surface area contributed by atoms with E-state index < -0.39 is 5.91 Å². The van der Waals surface area contributed by atoms with Crippen molar-refractivity contribution in [3.8, 4) is 11.5 Å². The van der Waals surface area contributed by atoms with E-state index in [-0.39, 0.29) is 53.2 Å². The summed E-state index contributed by atoms with van der Waals surface area (Å²) in [4.78, 5) is 47.9. The van der Waals surface area contributed by atoms with Gasteiger partial charge < -0.3 is 20.8 Å². The van der Waals surface area contributed by atoms with Crippen LogP contribution in [-0.2, 0) is 9.59 Å². The molecule has 2 rings (SSSR count). The van der Waals surface area contributed by atoms with E-state index in [1.807, 2.05) is 0 Å². The number of rotatable bonds is 17. The third-order valence-electron chi connectivity index (χ3n) is 5.85. The van der Waals surface area contributed by atoms with Gasteiger partial charge in [-0.1, -0.05) is 62.8 Å². The summed E-state index contributed by atoms with van der Waals surface area (Å²) < 4.78 is 0. The van der Waals surface area contributed by atoms with Crippen LogP contribution in [0.3, 0.4) is 0 Å². The van der Waals surface area contributed by atoms with Crippen molar-refractivity contribution in [1.29, 1.82) is 0 Å². The fourth-order valence-electron chi connectivity index (χ4n) is 3.77. The number of aromatic hydroxyl groups is 2. The summed E-state index contributed by atoms with van der Waals surface area (Å²) >= 11 is 0. The lowest BCUT2D eigenvalue weighted by atomic mass is 10.1. The lowest BCUT2D eigenvalue weighted by Gasteiger charge is -2.07. The number of nitrogens with one attached hydrogen (secondary N) is 2. The molecule has 0 aliphatic carbocycles. The molecule has 0 spiro atoms. The highest BCUT2D eigenvalue weighted by atomic mass is 16.3. The molecule has 0 saturated carbocycles. The molecule has 8 nitrogen and oxygen atoms in total. The number of carbonyl (C=O) groups is 4. The zero-order valence-electron chi connectivity index (χ0n) is 20.6. The van der Waals surface area contributed by atoms with Gasteiger partial charge >= 0.3 is 0 Å². The van der Waals surface area contributed by atoms with Gasteiger partial charge in [-0.3, -0.25) is 19.2 Å². The molecule has 2 aromatic rings. The van der Waals surface area contributed by atoms with Crippen molar-refractivity contribution in [2.24, 2.45) is 0 Å². The number of phenolic OH excluding ortho intramolecular Hbond substituents is 2. The van der Waals surface area contributed by atoms with Crippen molar-refractivity contribution in [3.05, 3.63) is 59.7 Å². The lowest BCUT2D eigenvalue weighted by Crippen LogP contribution is -2.29. The van der Waals surface area contributed by atoms with Gasteiger partial charge in [0.1, 0.15) is 11.5 Å². The average molecular weight is 497 g/mol. The van der Waals surface area contributed by atoms with Crippen molar-refractivity contribution in [3.63, 3.8) is 0 Å². The maximum absolute atomic E-state index is 12.0. The van der Waals surface area contributed by atoms with E-state index in [1.165, 1.54) is 24.3 Å². The SMILES string of the molecule is O=C(CCCCCCCCCCC(=O)NCC(=O)c1ccccc1O)CNC(=O)c1ccccc1O. The van der Waals surface area contributed by atoms with Crippen molar-refractivity contribution in [1.82, 2.24) is 10.6 Å². The van der Waals surface area contributed by atoms with Gasteiger partial charge in [0.2, 0.25) is 5.91 Å². The Kier molecular flexibility index (Phi) is 12.8. The van der Waals surface area contributed by atoms with E-state index in [0.717, 1.165) is 51.4 Å². The second kappa shape index (κ2) is 16.1. The average Bonchev–Trinajstić information content (AvgIpc) is 2.87. The summed E-state index contributed by atoms with van der Waals surface area (Å²) in [7, 11) is 0. The molecule has 0 atom stereocenters. The smallest absolute Gasteiger partial charge is 0.255 e. The normalized spacial score (nSPS) is 10.6. The van der Waals surface area contributed by atoms with Gasteiger partial charge in [-0.2, -0.15) is 0 Å². The number of hydrogen-bond acceptors (Lipinski definition) is 6. The van der Waals surface area contributed by atoms with E-state index in [1.54, 1.807) is 24.3 Å². The van der Waals surface area contributed by atoms with Crippen LogP contribution in [0.1, 0.15) is 84.9 Å². The number of benzene rings is 2. The molecule has 0 bridgehead atoms. The van der Waals surface area contributed by atoms with Gasteiger partial charge in [0.15, 0.2) is 11.6 Å². The number of carbonyl (C=O) groups excluding carboxylic acids is 4. The molecule has 2 amide bonds. The third kappa shape index (κ3) is 10.7. The molecule has 0 saturated heterocycles. The molecule has 0 aliphatic rings. The zero-order valence-corrected chi connectivity index (χ0v) is 20.6. The molecular weight excluding hydrogens is 460 g/mol. The highest BCUT2D eigenvalue weighted by Crippen LogP contribution is 2.16. The first-order valence-electron chi connectivity index (χ1n) is 12.5. The zero-order chi connectivity index (χ0) is 26.2. The van der Waals surface area contributed by atoms with Crippen LogP contribution in [0, 0.1) is 0 Å². The van der Waals surface area contributed by atoms with E-state index in [2.05, 4.69) is 10.6 Å². The highest BCUT2D eigenvalue weighted by Gasteiger charge is 2.12. The lowest BCUT2D eigenvalue weighted by molar-refractivity contribution is -0.121. The van der Waals surface area contributed by atoms with Gasteiger partial charge in [-0.15, -0.1) is 0 Å². The fourth-order valence-corrected chi connectivity index (χ4v) is 3.77. The molecule has 0 unspecified atom stereocenters. The molecule has 8 heteroatoms. The first-order valence-corrected chi connectivity index (χ1v) is 12.5. The summed E-state index contributed by atoms with van der Waals surface area (Å²) in [6, 6.07) is 12.5. The summed E-state index contributed by atoms with van der Waals surface area (Å²) in [6.07, 6.45) is 8.43. The largest absolute Gasteiger partial charge is 0.507 e. The summed E-state index contributed by atoms with van der Waals surface area (Å²) in [5.41, 5.74) is 0.364. The van der Waals surface area contributed by atoms with Crippen LogP contribution >= 0.6 is 0 Å². The molecule has 0 heterocycles. The fraction of sp³-hybridized carbons (Fsp3) is 0.429. The Bertz CT molecular complexity index is 939. The summed E-state index contributed by atoms with van der Waals surface area (Å²) in [5, 5.41) is 24.5. The van der Waals surface area contributed by atoms with Gasteiger partial charge in [0.25, 0.3) is 5.91 Å². The van der Waals surface area contributed by atoms with Crippen LogP contribution in [0.2, 0.25) is 0 Å². The maximum atomic E-state index is 12.0. The molecular formula is C28H36N2O6. The Hall–Kier alpha value is -3.68. The summed E-state index contributed by atoms with van der Waals surface area (Å²) in [5.74, 6) is -1.17. The van der Waals surface area contributed by atoms with Crippen LogP contribution in [-0.4, -0.2) is 46.7 Å². The highest BCUT2D eigenvalue weighted by molar-refractivity contribution is 6.01. The predicted molar refractivity (Wildman–Crippen MR) is 137 cm³/mol. The maximum Gasteiger partial charge on any atom is 0.255 e. The molecule has 0 aliphatic heterocycles. The second-order valence-corrected chi connectivity index (χ2v) is 8.78. The van der Waals surface area contributed by atoms with E-state index in [9.17, 15) is 29.4 Å². The van der Waals surface area contributed by atoms with Crippen LogP contribution in [0.5, 0.6) is 11.5 Å². The van der Waals surface area contributed by atoms with Crippen molar-refractivity contribution in [2.75, 3.05) is 13.1 Å². The first kappa shape index (κ1) is 28.6. The first-order chi connectivity index (χ1) is 17.4. The summed E-state index contributed by atoms with van der Waals surface area (Å²) in [6.45, 7) is -0.161. The van der Waals surface area contributed by atoms with Crippen LogP contribution in [0.4, 0.5) is 0 Å². The standard InChI is InChI=1S/C28H36N2O6/c31-21(19-30-28(36)23-15-10-12-17-25(23)33)13-7-5-3-1-2-4-6-8-18-27(35)29-20-26(34)22-14-9-11-16-24(22)32/h9-12,14-17,32-33H,1-8,13,18-20H2,(H,29,35)(H,30,36). The van der Waals surface area contributed by atoms with Crippen LogP contribution < -0.4 is 10.6 Å². The Morgan fingerprint density at radius 2 is 1.08 bits per heavy atom. The molecule has 0 fully saturated rings. The monoisotopic (exact) mass is 496 g/mol. The number of amides is 2. The minimum Gasteiger partial charge on any atom is -0.507 e. The predicted octanol–water partition coefficient (Wildman–Crippen LogP) is 4.30. The molecule has 36 heavy (non-hydrogen) atoms. The Morgan fingerprint density at radius 1 is 0.583 bits per heavy atom. The number of unbranched alkanes of at least 4 members (excludes halogenated alkanes) is 7. The van der Waals surface area contributed by atoms with E-state index in [0.29, 0.717) is 12.8 Å². The van der Waals surface area contributed by atoms with Crippen LogP contribution in [0.15, 0.2) is 48.5 Å². The number of para-hydroxylation sites is 2. The van der Waals surface area contributed by atoms with Crippen molar-refractivity contribution >= 4 is 23.4 Å². The molecule has 2 aromatic carbocycles. The Labute approximate surface area is 212 Å². The Balaban J connectivity index is 1.41. The second-order valence-electron chi connectivity index (χ2n) is 8.78. The van der Waals surface area contributed by atoms with Crippen molar-refractivity contribution in [2.45, 2.75) is 64.2 Å². The van der Waals surface area contributed by atoms with E-state index >= 15 is 0 Å². The van der Waals surface area contributed by atoms with Gasteiger partial charge in [0.05, 0.1) is 24.2 Å². The Morgan fingerprint density at radius 3 is 1.67 bits per heavy atom. The minimum absolute atomic E-state index is 0.0284. The molecule has 4 N–H and O–H groups in total. The minimum atomic E-state index is -0.458. The van der Waals surface area contributed by atoms with Gasteiger partial charge in [-0.25, -0.2) is 0 Å². The number of Topliss-reactive ketones (excluding diaryl/α,β-unsaturated/α-hetero) is 2. The number of ketones is 2. The topological polar surface area (TPSA) is 133 Å². The van der Waals surface area contributed by atoms with Gasteiger partial charge in [0, 0.05) is 12.8 Å². The molecule has 0 aromatic heterocycles. The third-order valence-corrected chi connectivity index (χ3v) is 5.85. The molecule has 194 valence electrons.